The summed E-state index contributed by atoms with van der Waals surface area (Å²) in [5, 5.41) is 0. The van der Waals surface area contributed by atoms with Crippen LogP contribution in [0, 0.1) is 11.3 Å². The number of hydrogen-bond acceptors (Lipinski definition) is 1. The molecule has 0 aliphatic heterocycles. The van der Waals surface area contributed by atoms with E-state index in [1.165, 1.54) is 0 Å². The molecule has 4 heteroatoms. The molecule has 2 atom stereocenters. The molecule has 0 amide bonds. The van der Waals surface area contributed by atoms with Gasteiger partial charge in [0.1, 0.15) is 0 Å². The van der Waals surface area contributed by atoms with Crippen molar-refractivity contribution in [3.63, 3.8) is 0 Å². The fraction of sp³-hybridized carbons (Fsp3) is 1.00. The van der Waals surface area contributed by atoms with Crippen LogP contribution in [0.4, 0.5) is 13.2 Å². The second-order valence-electron chi connectivity index (χ2n) is 5.31. The highest BCUT2D eigenvalue weighted by atomic mass is 19.4. The average Bonchev–Trinajstić information content (AvgIpc) is 2.40. The minimum atomic E-state index is -4.07. The van der Waals surface area contributed by atoms with Gasteiger partial charge in [-0.1, -0.05) is 20.3 Å². The van der Waals surface area contributed by atoms with Gasteiger partial charge in [0.15, 0.2) is 0 Å². The third-order valence-electron chi connectivity index (χ3n) is 3.62. The maximum absolute atomic E-state index is 12.0. The van der Waals surface area contributed by atoms with Gasteiger partial charge in [0.25, 0.3) is 0 Å². The first-order chi connectivity index (χ1) is 6.72. The van der Waals surface area contributed by atoms with Crippen LogP contribution in [0.1, 0.15) is 46.0 Å². The monoisotopic (exact) mass is 223 g/mol. The summed E-state index contributed by atoms with van der Waals surface area (Å²) in [5.74, 6) is 0.250. The van der Waals surface area contributed by atoms with Crippen LogP contribution in [0.3, 0.4) is 0 Å². The third kappa shape index (κ3) is 3.67. The largest absolute Gasteiger partial charge is 0.389 e. The summed E-state index contributed by atoms with van der Waals surface area (Å²) in [7, 11) is 0. The molecule has 1 aliphatic carbocycles. The lowest BCUT2D eigenvalue weighted by Gasteiger charge is -2.32. The summed E-state index contributed by atoms with van der Waals surface area (Å²) in [6.07, 6.45) is -1.60. The molecular weight excluding hydrogens is 203 g/mol. The van der Waals surface area contributed by atoms with Gasteiger partial charge in [-0.05, 0) is 30.6 Å². The van der Waals surface area contributed by atoms with Crippen LogP contribution < -0.4 is 5.73 Å². The van der Waals surface area contributed by atoms with Gasteiger partial charge >= 0.3 is 6.18 Å². The molecule has 0 saturated heterocycles. The lowest BCUT2D eigenvalue weighted by Crippen LogP contribution is -2.37. The Hall–Kier alpha value is -0.250. The number of rotatable bonds is 3. The smallest absolute Gasteiger partial charge is 0.327 e. The van der Waals surface area contributed by atoms with Gasteiger partial charge in [0, 0.05) is 12.5 Å². The van der Waals surface area contributed by atoms with Crippen molar-refractivity contribution < 1.29 is 13.2 Å². The topological polar surface area (TPSA) is 26.0 Å². The minimum absolute atomic E-state index is 0.0671. The van der Waals surface area contributed by atoms with Crippen LogP contribution >= 0.6 is 0 Å². The van der Waals surface area contributed by atoms with Gasteiger partial charge in [0.2, 0.25) is 0 Å². The van der Waals surface area contributed by atoms with Crippen LogP contribution in [0.25, 0.3) is 0 Å². The Morgan fingerprint density at radius 2 is 2.00 bits per heavy atom. The van der Waals surface area contributed by atoms with E-state index in [2.05, 4.69) is 13.8 Å². The van der Waals surface area contributed by atoms with Crippen LogP contribution in [0.2, 0.25) is 0 Å². The molecule has 0 heterocycles. The zero-order valence-corrected chi connectivity index (χ0v) is 9.40. The van der Waals surface area contributed by atoms with Gasteiger partial charge in [-0.3, -0.25) is 0 Å². The molecule has 1 nitrogen and oxygen atoms in total. The first-order valence-electron chi connectivity index (χ1n) is 5.55. The lowest BCUT2D eigenvalue weighted by atomic mass is 9.76. The molecule has 2 unspecified atom stereocenters. The summed E-state index contributed by atoms with van der Waals surface area (Å²) >= 11 is 0. The fourth-order valence-electron chi connectivity index (χ4n) is 2.68. The Balaban J connectivity index is 2.43. The van der Waals surface area contributed by atoms with Gasteiger partial charge in [-0.25, -0.2) is 0 Å². The average molecular weight is 223 g/mol. The summed E-state index contributed by atoms with van der Waals surface area (Å²) < 4.78 is 36.1. The van der Waals surface area contributed by atoms with Gasteiger partial charge in [0.05, 0.1) is 0 Å². The summed E-state index contributed by atoms with van der Waals surface area (Å²) in [6, 6.07) is -0.302. The van der Waals surface area contributed by atoms with Gasteiger partial charge in [-0.15, -0.1) is 0 Å². The second-order valence-corrected chi connectivity index (χ2v) is 5.31. The molecule has 0 aromatic heterocycles. The molecule has 1 fully saturated rings. The molecule has 0 aromatic carbocycles. The van der Waals surface area contributed by atoms with E-state index in [0.29, 0.717) is 0 Å². The molecule has 0 aromatic rings. The fourth-order valence-corrected chi connectivity index (χ4v) is 2.68. The number of halogens is 3. The van der Waals surface area contributed by atoms with Gasteiger partial charge < -0.3 is 5.73 Å². The van der Waals surface area contributed by atoms with Crippen molar-refractivity contribution in [3.8, 4) is 0 Å². The van der Waals surface area contributed by atoms with E-state index in [-0.39, 0.29) is 23.8 Å². The molecule has 15 heavy (non-hydrogen) atoms. The Morgan fingerprint density at radius 3 is 2.40 bits per heavy atom. The predicted molar refractivity (Wildman–Crippen MR) is 54.4 cm³/mol. The molecule has 1 saturated carbocycles. The number of hydrogen-bond donors (Lipinski definition) is 1. The Labute approximate surface area is 89.2 Å². The molecule has 90 valence electrons. The van der Waals surface area contributed by atoms with Crippen molar-refractivity contribution in [1.82, 2.24) is 0 Å². The van der Waals surface area contributed by atoms with E-state index in [9.17, 15) is 13.2 Å². The molecule has 0 spiro atoms. The van der Waals surface area contributed by atoms with Crippen molar-refractivity contribution in [2.45, 2.75) is 58.2 Å². The van der Waals surface area contributed by atoms with Gasteiger partial charge in [-0.2, -0.15) is 13.2 Å². The van der Waals surface area contributed by atoms with E-state index in [4.69, 9.17) is 5.73 Å². The molecule has 0 bridgehead atoms. The maximum Gasteiger partial charge on any atom is 0.389 e. The first kappa shape index (κ1) is 12.8. The highest BCUT2D eigenvalue weighted by Crippen LogP contribution is 2.45. The van der Waals surface area contributed by atoms with Crippen molar-refractivity contribution >= 4 is 0 Å². The molecule has 2 N–H and O–H groups in total. The molecular formula is C11H20F3N. The van der Waals surface area contributed by atoms with E-state index in [1.54, 1.807) is 0 Å². The lowest BCUT2D eigenvalue weighted by molar-refractivity contribution is -0.137. The molecule has 0 radical (unpaired) electrons. The normalized spacial score (nSPS) is 28.0. The summed E-state index contributed by atoms with van der Waals surface area (Å²) in [5.41, 5.74) is 5.98. The van der Waals surface area contributed by atoms with Crippen LogP contribution in [0.5, 0.6) is 0 Å². The Morgan fingerprint density at radius 1 is 1.40 bits per heavy atom. The van der Waals surface area contributed by atoms with Crippen molar-refractivity contribution in [2.24, 2.45) is 17.1 Å². The molecule has 1 aliphatic rings. The standard InChI is InChI=1S/C11H20F3N/c1-10(2)6-3-4-8(10)9(15)5-7-11(12,13)14/h8-9H,3-7,15H2,1-2H3. The highest BCUT2D eigenvalue weighted by Gasteiger charge is 2.39. The van der Waals surface area contributed by atoms with E-state index in [0.717, 1.165) is 19.3 Å². The quantitative estimate of drug-likeness (QED) is 0.778. The maximum atomic E-state index is 12.0. The van der Waals surface area contributed by atoms with Crippen LogP contribution in [0.15, 0.2) is 0 Å². The van der Waals surface area contributed by atoms with Crippen LogP contribution in [-0.2, 0) is 0 Å². The van der Waals surface area contributed by atoms with E-state index < -0.39 is 12.6 Å². The third-order valence-corrected chi connectivity index (χ3v) is 3.62. The van der Waals surface area contributed by atoms with Crippen molar-refractivity contribution in [3.05, 3.63) is 0 Å². The minimum Gasteiger partial charge on any atom is -0.327 e. The van der Waals surface area contributed by atoms with E-state index in [1.807, 2.05) is 0 Å². The summed E-state index contributed by atoms with van der Waals surface area (Å²) in [6.45, 7) is 4.22. The zero-order valence-electron chi connectivity index (χ0n) is 9.40. The first-order valence-corrected chi connectivity index (χ1v) is 5.55. The second kappa shape index (κ2) is 4.32. The number of nitrogens with two attached hydrogens (primary N) is 1. The summed E-state index contributed by atoms with van der Waals surface area (Å²) in [4.78, 5) is 0. The van der Waals surface area contributed by atoms with Crippen molar-refractivity contribution in [1.29, 1.82) is 0 Å². The highest BCUT2D eigenvalue weighted by molar-refractivity contribution is 4.90. The predicted octanol–water partition coefficient (Wildman–Crippen LogP) is 3.48. The van der Waals surface area contributed by atoms with E-state index >= 15 is 0 Å². The van der Waals surface area contributed by atoms with Crippen molar-refractivity contribution in [2.75, 3.05) is 0 Å². The SMILES string of the molecule is CC1(C)CCCC1C(N)CCC(F)(F)F. The zero-order chi connectivity index (χ0) is 11.7. The number of alkyl halides is 3. The Bertz CT molecular complexity index is 210. The van der Waals surface area contributed by atoms with Crippen LogP contribution in [-0.4, -0.2) is 12.2 Å². The Kier molecular flexibility index (Phi) is 3.69. The molecule has 1 rings (SSSR count).